The fourth-order valence-corrected chi connectivity index (χ4v) is 8.90. The number of fused-ring (bicyclic) bond motifs is 5. The van der Waals surface area contributed by atoms with Crippen LogP contribution in [0.15, 0.2) is 0 Å². The van der Waals surface area contributed by atoms with Crippen molar-refractivity contribution in [3.8, 4) is 0 Å². The Hall–Kier alpha value is -0.310. The number of hydrogen-bond donors (Lipinski definition) is 1. The highest BCUT2D eigenvalue weighted by molar-refractivity contribution is 7.32. The van der Waals surface area contributed by atoms with E-state index in [1.165, 1.54) is 32.1 Å². The Morgan fingerprint density at radius 3 is 2.33 bits per heavy atom. The Labute approximate surface area is 164 Å². The average molecular weight is 396 g/mol. The second-order valence-corrected chi connectivity index (χ2v) is 11.6. The molecule has 27 heavy (non-hydrogen) atoms. The molecule has 152 valence electrons. The molecule has 0 bridgehead atoms. The van der Waals surface area contributed by atoms with E-state index in [0.717, 1.165) is 37.5 Å². The van der Waals surface area contributed by atoms with Crippen molar-refractivity contribution in [2.45, 2.75) is 91.1 Å². The maximum Gasteiger partial charge on any atom is 0.695 e. The summed E-state index contributed by atoms with van der Waals surface area (Å²) in [5.74, 6) is 3.47. The third-order valence-electron chi connectivity index (χ3n) is 9.73. The van der Waals surface area contributed by atoms with Crippen LogP contribution >= 0.6 is 8.25 Å². The number of Topliss-reactive ketones (excluding diaryl/α,β-unsaturated/α-hetero) is 1. The molecule has 0 amide bonds. The lowest BCUT2D eigenvalue weighted by Gasteiger charge is -2.61. The van der Waals surface area contributed by atoms with Gasteiger partial charge in [0, 0.05) is 10.5 Å². The molecule has 0 aliphatic heterocycles. The lowest BCUT2D eigenvalue weighted by atomic mass is 9.44. The summed E-state index contributed by atoms with van der Waals surface area (Å²) in [5.41, 5.74) is 0.0930. The number of ketones is 1. The Morgan fingerprint density at radius 2 is 1.67 bits per heavy atom. The smallest absolute Gasteiger partial charge is 0.300 e. The molecule has 4 aliphatic carbocycles. The summed E-state index contributed by atoms with van der Waals surface area (Å²) in [5, 5.41) is 0. The maximum absolute atomic E-state index is 12.3. The van der Waals surface area contributed by atoms with Crippen LogP contribution in [0.2, 0.25) is 0 Å². The van der Waals surface area contributed by atoms with E-state index in [1.54, 1.807) is 6.92 Å². The van der Waals surface area contributed by atoms with Crippen molar-refractivity contribution in [3.63, 3.8) is 0 Å². The van der Waals surface area contributed by atoms with Crippen LogP contribution < -0.4 is 0 Å². The summed E-state index contributed by atoms with van der Waals surface area (Å²) in [4.78, 5) is 21.5. The summed E-state index contributed by atoms with van der Waals surface area (Å²) in [7, 11) is -2.54. The van der Waals surface area contributed by atoms with Crippen LogP contribution in [0.5, 0.6) is 0 Å². The first-order valence-corrected chi connectivity index (χ1v) is 12.1. The molecule has 0 aromatic rings. The summed E-state index contributed by atoms with van der Waals surface area (Å²) in [6.45, 7) is 8.73. The van der Waals surface area contributed by atoms with Crippen molar-refractivity contribution in [1.29, 1.82) is 0 Å². The van der Waals surface area contributed by atoms with Gasteiger partial charge in [0.1, 0.15) is 11.4 Å². The Morgan fingerprint density at radius 1 is 0.963 bits per heavy atom. The monoisotopic (exact) mass is 395 g/mol. The fraction of sp³-hybridized carbons (Fsp3) is 0.955. The van der Waals surface area contributed by atoms with Gasteiger partial charge in [0.2, 0.25) is 0 Å². The van der Waals surface area contributed by atoms with Crippen LogP contribution in [0.1, 0.15) is 85.5 Å². The van der Waals surface area contributed by atoms with Crippen molar-refractivity contribution in [3.05, 3.63) is 0 Å². The molecule has 0 aromatic heterocycles. The molecule has 4 aliphatic rings. The summed E-state index contributed by atoms with van der Waals surface area (Å²) >= 11 is 0. The minimum absolute atomic E-state index is 0.220. The number of carbonyl (C=O) groups is 1. The van der Waals surface area contributed by atoms with Gasteiger partial charge in [-0.1, -0.05) is 13.8 Å². The molecular formula is C22H36O4P+. The predicted molar refractivity (Wildman–Crippen MR) is 105 cm³/mol. The molecule has 0 aromatic carbocycles. The molecule has 1 N–H and O–H groups in total. The van der Waals surface area contributed by atoms with Crippen molar-refractivity contribution >= 4 is 14.0 Å². The molecular weight excluding hydrogens is 359 g/mol. The van der Waals surface area contributed by atoms with Crippen LogP contribution in [0.25, 0.3) is 0 Å². The quantitative estimate of drug-likeness (QED) is 0.626. The summed E-state index contributed by atoms with van der Waals surface area (Å²) in [6, 6.07) is 0. The zero-order valence-corrected chi connectivity index (χ0v) is 18.3. The lowest BCUT2D eigenvalue weighted by Crippen LogP contribution is -2.55. The van der Waals surface area contributed by atoms with E-state index < -0.39 is 13.9 Å². The third kappa shape index (κ3) is 3.06. The van der Waals surface area contributed by atoms with Crippen LogP contribution in [0.3, 0.4) is 0 Å². The average Bonchev–Trinajstić information content (AvgIpc) is 2.92. The molecule has 4 rings (SSSR count). The highest BCUT2D eigenvalue weighted by atomic mass is 31.1. The molecule has 0 spiro atoms. The van der Waals surface area contributed by atoms with Gasteiger partial charge >= 0.3 is 8.25 Å². The van der Waals surface area contributed by atoms with E-state index in [4.69, 9.17) is 4.52 Å². The van der Waals surface area contributed by atoms with Crippen molar-refractivity contribution in [2.24, 2.45) is 40.4 Å². The fourth-order valence-electron chi connectivity index (χ4n) is 8.36. The second kappa shape index (κ2) is 6.61. The molecule has 4 fully saturated rings. The zero-order valence-electron chi connectivity index (χ0n) is 17.4. The predicted octanol–water partition coefficient (Wildman–Crippen LogP) is 5.66. The molecule has 5 heteroatoms. The summed E-state index contributed by atoms with van der Waals surface area (Å²) < 4.78 is 16.7. The van der Waals surface area contributed by atoms with Gasteiger partial charge < -0.3 is 0 Å². The molecule has 5 unspecified atom stereocenters. The molecule has 0 saturated heterocycles. The normalized spacial score (nSPS) is 52.5. The highest BCUT2D eigenvalue weighted by Crippen LogP contribution is 2.68. The van der Waals surface area contributed by atoms with Crippen molar-refractivity contribution < 1.29 is 18.8 Å². The molecule has 4 saturated carbocycles. The zero-order chi connectivity index (χ0) is 19.6. The topological polar surface area (TPSA) is 63.6 Å². The van der Waals surface area contributed by atoms with Gasteiger partial charge in [0.05, 0.1) is 0 Å². The Balaban J connectivity index is 1.56. The Bertz CT molecular complexity index is 650. The van der Waals surface area contributed by atoms with Crippen molar-refractivity contribution in [2.75, 3.05) is 0 Å². The van der Waals surface area contributed by atoms with Gasteiger partial charge in [-0.3, -0.25) is 4.79 Å². The van der Waals surface area contributed by atoms with Gasteiger partial charge in [0.15, 0.2) is 0 Å². The van der Waals surface area contributed by atoms with Crippen LogP contribution in [0.4, 0.5) is 0 Å². The second-order valence-electron chi connectivity index (χ2n) is 10.9. The lowest BCUT2D eigenvalue weighted by molar-refractivity contribution is -0.146. The van der Waals surface area contributed by atoms with E-state index in [1.807, 2.05) is 6.92 Å². The van der Waals surface area contributed by atoms with E-state index in [2.05, 4.69) is 13.8 Å². The number of rotatable bonds is 3. The summed E-state index contributed by atoms with van der Waals surface area (Å²) in [6.07, 6.45) is 10.1. The van der Waals surface area contributed by atoms with Gasteiger partial charge in [-0.2, -0.15) is 0 Å². The van der Waals surface area contributed by atoms with Gasteiger partial charge in [-0.05, 0) is 106 Å². The SMILES string of the molecule is CC(=O)[C@H]1CCC2C3CCC4C[C@](C)(O[P+](=O)O)CC[C@]4(C)C3CC[C@@]21C. The van der Waals surface area contributed by atoms with Crippen LogP contribution in [-0.4, -0.2) is 16.3 Å². The van der Waals surface area contributed by atoms with E-state index >= 15 is 0 Å². The van der Waals surface area contributed by atoms with Crippen LogP contribution in [-0.2, 0) is 13.9 Å². The Kier molecular flexibility index (Phi) is 4.89. The van der Waals surface area contributed by atoms with Crippen LogP contribution in [0, 0.1) is 40.4 Å². The minimum Gasteiger partial charge on any atom is -0.300 e. The van der Waals surface area contributed by atoms with E-state index in [9.17, 15) is 14.3 Å². The third-order valence-corrected chi connectivity index (χ3v) is 10.3. The first-order chi connectivity index (χ1) is 12.6. The highest BCUT2D eigenvalue weighted by Gasteiger charge is 2.62. The molecule has 9 atom stereocenters. The van der Waals surface area contributed by atoms with Gasteiger partial charge in [-0.15, -0.1) is 9.42 Å². The van der Waals surface area contributed by atoms with Crippen molar-refractivity contribution in [1.82, 2.24) is 0 Å². The van der Waals surface area contributed by atoms with E-state index in [-0.39, 0.29) is 11.3 Å². The molecule has 0 radical (unpaired) electrons. The maximum atomic E-state index is 12.3. The largest absolute Gasteiger partial charge is 0.695 e. The standard InChI is InChI=1S/C22H35O4P/c1-14(23)17-7-8-18-16-6-5-15-13-20(2,26-27(24)25)11-12-21(15,3)19(16)9-10-22(17,18)4/h15-19H,5-13H2,1-4H3/p+1/t15?,16?,17-,18?,19?,20-,21+,22-/m1/s1. The first kappa shape index (κ1) is 20.0. The van der Waals surface area contributed by atoms with Gasteiger partial charge in [-0.25, -0.2) is 0 Å². The molecule has 4 nitrogen and oxygen atoms in total. The first-order valence-electron chi connectivity index (χ1n) is 10.9. The van der Waals surface area contributed by atoms with E-state index in [0.29, 0.717) is 23.0 Å². The minimum atomic E-state index is -2.54. The number of hydrogen-bond acceptors (Lipinski definition) is 3. The van der Waals surface area contributed by atoms with Gasteiger partial charge in [0.25, 0.3) is 0 Å². The number of carbonyl (C=O) groups excluding carboxylic acids is 1. The molecule has 0 heterocycles.